The lowest BCUT2D eigenvalue weighted by atomic mass is 9.96. The van der Waals surface area contributed by atoms with Crippen molar-refractivity contribution in [3.63, 3.8) is 0 Å². The van der Waals surface area contributed by atoms with Crippen molar-refractivity contribution >= 4 is 27.3 Å². The number of rotatable bonds is 11. The van der Waals surface area contributed by atoms with Crippen LogP contribution in [0.15, 0.2) is 47.4 Å². The molecule has 1 aliphatic carbocycles. The highest BCUT2D eigenvalue weighted by molar-refractivity contribution is 7.92. The lowest BCUT2D eigenvalue weighted by Gasteiger charge is -2.20. The second-order valence-corrected chi connectivity index (χ2v) is 10.0. The van der Waals surface area contributed by atoms with Gasteiger partial charge in [-0.2, -0.15) is 0 Å². The van der Waals surface area contributed by atoms with Crippen LogP contribution in [-0.4, -0.2) is 34.6 Å². The van der Waals surface area contributed by atoms with Gasteiger partial charge in [-0.3, -0.25) is 9.52 Å². The van der Waals surface area contributed by atoms with Gasteiger partial charge in [-0.25, -0.2) is 8.42 Å². The molecule has 1 atom stereocenters. The third-order valence-electron chi connectivity index (χ3n) is 5.48. The van der Waals surface area contributed by atoms with Gasteiger partial charge in [0.15, 0.2) is 0 Å². The van der Waals surface area contributed by atoms with Crippen LogP contribution < -0.4 is 14.8 Å². The largest absolute Gasteiger partial charge is 0.492 e. The monoisotopic (exact) mass is 460 g/mol. The van der Waals surface area contributed by atoms with Crippen LogP contribution in [0.5, 0.6) is 5.75 Å². The van der Waals surface area contributed by atoms with Crippen LogP contribution in [0.2, 0.25) is 0 Å². The Kier molecular flexibility index (Phi) is 7.79. The fraction of sp³-hybridized carbons (Fsp3) is 0.458. The minimum absolute atomic E-state index is 0.0199. The van der Waals surface area contributed by atoms with Gasteiger partial charge in [-0.1, -0.05) is 26.0 Å². The average Bonchev–Trinajstić information content (AvgIpc) is 3.57. The first-order valence-electron chi connectivity index (χ1n) is 10.9. The van der Waals surface area contributed by atoms with E-state index < -0.39 is 10.0 Å². The maximum Gasteiger partial charge on any atom is 0.265 e. The fourth-order valence-corrected chi connectivity index (χ4v) is 4.72. The number of hydrogen-bond acceptors (Lipinski definition) is 5. The van der Waals surface area contributed by atoms with Crippen LogP contribution in [-0.2, 0) is 19.6 Å². The van der Waals surface area contributed by atoms with Gasteiger partial charge in [0.25, 0.3) is 10.0 Å². The highest BCUT2D eigenvalue weighted by atomic mass is 32.2. The molecule has 0 saturated heterocycles. The first-order chi connectivity index (χ1) is 15.2. The molecule has 1 fully saturated rings. The standard InChI is InChI=1S/C24H32N2O5S/c1-5-31-22-14-19(25-24(27)21(15-30-4)16(2)3)11-12-23(22)32(28,29)26-20-8-6-7-18(13-20)17-9-10-17/h6-8,11-14,16-17,21,26H,5,9-10,15H2,1-4H3,(H,25,27)/t21-/m0/s1. The van der Waals surface area contributed by atoms with Crippen LogP contribution in [0.1, 0.15) is 45.1 Å². The quantitative estimate of drug-likeness (QED) is 0.510. The van der Waals surface area contributed by atoms with Crippen LogP contribution in [0, 0.1) is 11.8 Å². The minimum atomic E-state index is -3.88. The van der Waals surface area contributed by atoms with E-state index in [2.05, 4.69) is 10.0 Å². The summed E-state index contributed by atoms with van der Waals surface area (Å²) in [7, 11) is -2.32. The zero-order chi connectivity index (χ0) is 23.3. The third kappa shape index (κ3) is 6.01. The predicted molar refractivity (Wildman–Crippen MR) is 126 cm³/mol. The normalized spacial score (nSPS) is 14.8. The predicted octanol–water partition coefficient (Wildman–Crippen LogP) is 4.62. The van der Waals surface area contributed by atoms with Gasteiger partial charge in [0.1, 0.15) is 10.6 Å². The summed E-state index contributed by atoms with van der Waals surface area (Å²) < 4.78 is 39.7. The van der Waals surface area contributed by atoms with E-state index >= 15 is 0 Å². The van der Waals surface area contributed by atoms with E-state index in [1.54, 1.807) is 32.2 Å². The molecule has 0 aliphatic heterocycles. The van der Waals surface area contributed by atoms with Crippen molar-refractivity contribution in [2.24, 2.45) is 11.8 Å². The van der Waals surface area contributed by atoms with E-state index in [1.807, 2.05) is 32.0 Å². The summed E-state index contributed by atoms with van der Waals surface area (Å²) in [4.78, 5) is 12.7. The highest BCUT2D eigenvalue weighted by Crippen LogP contribution is 2.41. The number of carbonyl (C=O) groups excluding carboxylic acids is 1. The van der Waals surface area contributed by atoms with Crippen molar-refractivity contribution in [2.75, 3.05) is 30.4 Å². The fourth-order valence-electron chi connectivity index (χ4n) is 3.54. The molecule has 0 spiro atoms. The molecule has 0 unspecified atom stereocenters. The second kappa shape index (κ2) is 10.4. The molecule has 7 nitrogen and oxygen atoms in total. The molecule has 174 valence electrons. The Labute approximate surface area is 190 Å². The smallest absolute Gasteiger partial charge is 0.265 e. The summed E-state index contributed by atoms with van der Waals surface area (Å²) in [6.07, 6.45) is 2.28. The van der Waals surface area contributed by atoms with E-state index in [0.29, 0.717) is 23.9 Å². The molecule has 1 aliphatic rings. The number of amides is 1. The van der Waals surface area contributed by atoms with E-state index in [0.717, 1.165) is 18.4 Å². The second-order valence-electron chi connectivity index (χ2n) is 8.39. The number of methoxy groups -OCH3 is 1. The molecular weight excluding hydrogens is 428 g/mol. The van der Waals surface area contributed by atoms with E-state index in [9.17, 15) is 13.2 Å². The van der Waals surface area contributed by atoms with Crippen molar-refractivity contribution in [1.82, 2.24) is 0 Å². The molecule has 8 heteroatoms. The number of anilines is 2. The summed E-state index contributed by atoms with van der Waals surface area (Å²) in [5.74, 6) is 0.295. The molecule has 0 aromatic heterocycles. The average molecular weight is 461 g/mol. The van der Waals surface area contributed by atoms with Crippen LogP contribution in [0.3, 0.4) is 0 Å². The number of hydrogen-bond donors (Lipinski definition) is 2. The molecular formula is C24H32N2O5S. The van der Waals surface area contributed by atoms with Crippen LogP contribution in [0.25, 0.3) is 0 Å². The zero-order valence-corrected chi connectivity index (χ0v) is 19.9. The van der Waals surface area contributed by atoms with Crippen molar-refractivity contribution in [3.05, 3.63) is 48.0 Å². The Morgan fingerprint density at radius 2 is 1.88 bits per heavy atom. The van der Waals surface area contributed by atoms with Gasteiger partial charge in [-0.15, -0.1) is 0 Å². The summed E-state index contributed by atoms with van der Waals surface area (Å²) >= 11 is 0. The maximum atomic E-state index is 13.1. The SMILES string of the molecule is CCOc1cc(NC(=O)[C@@H](COC)C(C)C)ccc1S(=O)(=O)Nc1cccc(C2CC2)c1. The van der Waals surface area contributed by atoms with Gasteiger partial charge in [0, 0.05) is 24.6 Å². The molecule has 0 heterocycles. The number of nitrogens with one attached hydrogen (secondary N) is 2. The highest BCUT2D eigenvalue weighted by Gasteiger charge is 2.26. The number of ether oxygens (including phenoxy) is 2. The molecule has 1 amide bonds. The zero-order valence-electron chi connectivity index (χ0n) is 19.1. The van der Waals surface area contributed by atoms with Crippen molar-refractivity contribution in [2.45, 2.75) is 44.4 Å². The topological polar surface area (TPSA) is 93.7 Å². The van der Waals surface area contributed by atoms with Crippen molar-refractivity contribution < 1.29 is 22.7 Å². The van der Waals surface area contributed by atoms with Gasteiger partial charge in [0.2, 0.25) is 5.91 Å². The molecule has 0 bridgehead atoms. The molecule has 3 rings (SSSR count). The molecule has 0 radical (unpaired) electrons. The van der Waals surface area contributed by atoms with Gasteiger partial charge >= 0.3 is 0 Å². The van der Waals surface area contributed by atoms with Crippen LogP contribution >= 0.6 is 0 Å². The van der Waals surface area contributed by atoms with Gasteiger partial charge in [0.05, 0.1) is 19.1 Å². The van der Waals surface area contributed by atoms with Crippen molar-refractivity contribution in [1.29, 1.82) is 0 Å². The van der Waals surface area contributed by atoms with Crippen molar-refractivity contribution in [3.8, 4) is 5.75 Å². The van der Waals surface area contributed by atoms with Gasteiger partial charge in [-0.05, 0) is 61.4 Å². The third-order valence-corrected chi connectivity index (χ3v) is 6.90. The number of carbonyl (C=O) groups is 1. The molecule has 2 aromatic carbocycles. The first-order valence-corrected chi connectivity index (χ1v) is 12.4. The Bertz CT molecular complexity index is 1050. The summed E-state index contributed by atoms with van der Waals surface area (Å²) in [5.41, 5.74) is 2.13. The summed E-state index contributed by atoms with van der Waals surface area (Å²) in [6.45, 7) is 6.28. The lowest BCUT2D eigenvalue weighted by Crippen LogP contribution is -2.30. The Hall–Kier alpha value is -2.58. The number of benzene rings is 2. The summed E-state index contributed by atoms with van der Waals surface area (Å²) in [5, 5.41) is 2.85. The first kappa shape index (κ1) is 24.1. The summed E-state index contributed by atoms with van der Waals surface area (Å²) in [6, 6.07) is 12.1. The lowest BCUT2D eigenvalue weighted by molar-refractivity contribution is -0.122. The molecule has 32 heavy (non-hydrogen) atoms. The molecule has 1 saturated carbocycles. The minimum Gasteiger partial charge on any atom is -0.492 e. The van der Waals surface area contributed by atoms with E-state index in [1.165, 1.54) is 6.07 Å². The molecule has 2 aromatic rings. The Balaban J connectivity index is 1.83. The Morgan fingerprint density at radius 1 is 1.12 bits per heavy atom. The van der Waals surface area contributed by atoms with E-state index in [4.69, 9.17) is 9.47 Å². The maximum absolute atomic E-state index is 13.1. The van der Waals surface area contributed by atoms with E-state index in [-0.39, 0.29) is 35.0 Å². The number of sulfonamides is 1. The molecule has 2 N–H and O–H groups in total. The van der Waals surface area contributed by atoms with Crippen LogP contribution in [0.4, 0.5) is 11.4 Å². The van der Waals surface area contributed by atoms with Gasteiger partial charge < -0.3 is 14.8 Å². The Morgan fingerprint density at radius 3 is 2.50 bits per heavy atom.